The van der Waals surface area contributed by atoms with E-state index in [9.17, 15) is 8.42 Å². The first-order chi connectivity index (χ1) is 12.6. The zero-order valence-electron chi connectivity index (χ0n) is 15.3. The van der Waals surface area contributed by atoms with Crippen molar-refractivity contribution in [1.29, 1.82) is 0 Å². The van der Waals surface area contributed by atoms with E-state index < -0.39 is 10.0 Å². The predicted molar refractivity (Wildman–Crippen MR) is 98.0 cm³/mol. The van der Waals surface area contributed by atoms with E-state index in [0.717, 1.165) is 25.9 Å². The molecule has 1 aromatic carbocycles. The summed E-state index contributed by atoms with van der Waals surface area (Å²) < 4.78 is 44.4. The van der Waals surface area contributed by atoms with Crippen molar-refractivity contribution in [3.63, 3.8) is 0 Å². The molecule has 146 valence electrons. The number of methoxy groups -OCH3 is 1. The van der Waals surface area contributed by atoms with Crippen molar-refractivity contribution in [3.05, 3.63) is 24.3 Å². The second kappa shape index (κ2) is 9.14. The van der Waals surface area contributed by atoms with Gasteiger partial charge in [-0.2, -0.15) is 4.31 Å². The Morgan fingerprint density at radius 2 is 1.85 bits per heavy atom. The summed E-state index contributed by atoms with van der Waals surface area (Å²) in [5.41, 5.74) is 0. The van der Waals surface area contributed by atoms with Crippen LogP contribution in [0.3, 0.4) is 0 Å². The molecule has 3 rings (SSSR count). The molecule has 26 heavy (non-hydrogen) atoms. The van der Waals surface area contributed by atoms with Gasteiger partial charge in [-0.3, -0.25) is 4.90 Å². The molecule has 2 heterocycles. The van der Waals surface area contributed by atoms with Crippen LogP contribution in [0.25, 0.3) is 0 Å². The van der Waals surface area contributed by atoms with E-state index in [1.54, 1.807) is 35.7 Å². The van der Waals surface area contributed by atoms with E-state index in [2.05, 4.69) is 4.90 Å². The maximum absolute atomic E-state index is 13.4. The molecule has 1 aromatic rings. The number of hydrogen-bond acceptors (Lipinski definition) is 6. The molecule has 2 aliphatic rings. The van der Waals surface area contributed by atoms with E-state index in [1.165, 1.54) is 0 Å². The lowest BCUT2D eigenvalue weighted by molar-refractivity contribution is 0.0291. The SMILES string of the molecule is COc1cccc(S(=O)(=O)N(CCN2CCOCC2)C2CCOCC2)c1. The van der Waals surface area contributed by atoms with Gasteiger partial charge in [-0.05, 0) is 25.0 Å². The van der Waals surface area contributed by atoms with Crippen molar-refractivity contribution in [2.75, 3.05) is 59.7 Å². The minimum absolute atomic E-state index is 0.0269. The van der Waals surface area contributed by atoms with Crippen molar-refractivity contribution in [3.8, 4) is 5.75 Å². The van der Waals surface area contributed by atoms with Crippen LogP contribution in [0.4, 0.5) is 0 Å². The fraction of sp³-hybridized carbons (Fsp3) is 0.667. The fourth-order valence-electron chi connectivity index (χ4n) is 3.43. The molecule has 0 atom stereocenters. The quantitative estimate of drug-likeness (QED) is 0.704. The highest BCUT2D eigenvalue weighted by atomic mass is 32.2. The Kier molecular flexibility index (Phi) is 6.88. The molecule has 0 aromatic heterocycles. The van der Waals surface area contributed by atoms with Gasteiger partial charge in [-0.15, -0.1) is 0 Å². The fourth-order valence-corrected chi connectivity index (χ4v) is 5.15. The minimum Gasteiger partial charge on any atom is -0.497 e. The van der Waals surface area contributed by atoms with Gasteiger partial charge >= 0.3 is 0 Å². The van der Waals surface area contributed by atoms with Crippen molar-refractivity contribution >= 4 is 10.0 Å². The van der Waals surface area contributed by atoms with E-state index in [-0.39, 0.29) is 10.9 Å². The number of benzene rings is 1. The monoisotopic (exact) mass is 384 g/mol. The molecule has 0 unspecified atom stereocenters. The lowest BCUT2D eigenvalue weighted by atomic mass is 10.1. The van der Waals surface area contributed by atoms with Crippen molar-refractivity contribution in [1.82, 2.24) is 9.21 Å². The first-order valence-electron chi connectivity index (χ1n) is 9.15. The molecule has 0 bridgehead atoms. The molecule has 0 spiro atoms. The van der Waals surface area contributed by atoms with Crippen molar-refractivity contribution < 1.29 is 22.6 Å². The minimum atomic E-state index is -3.59. The molecule has 2 saturated heterocycles. The number of sulfonamides is 1. The third-order valence-corrected chi connectivity index (χ3v) is 6.93. The number of nitrogens with zero attached hydrogens (tertiary/aromatic N) is 2. The summed E-state index contributed by atoms with van der Waals surface area (Å²) in [6.07, 6.45) is 1.46. The summed E-state index contributed by atoms with van der Waals surface area (Å²) in [6.45, 7) is 5.51. The molecule has 2 fully saturated rings. The zero-order valence-corrected chi connectivity index (χ0v) is 16.1. The third-order valence-electron chi connectivity index (χ3n) is 4.99. The average Bonchev–Trinajstić information content (AvgIpc) is 2.69. The van der Waals surface area contributed by atoms with E-state index in [1.807, 2.05) is 0 Å². The van der Waals surface area contributed by atoms with Gasteiger partial charge in [0.25, 0.3) is 0 Å². The Morgan fingerprint density at radius 3 is 2.54 bits per heavy atom. The lowest BCUT2D eigenvalue weighted by Crippen LogP contribution is -2.48. The van der Waals surface area contributed by atoms with Crippen molar-refractivity contribution in [2.45, 2.75) is 23.8 Å². The molecular weight excluding hydrogens is 356 g/mol. The summed E-state index contributed by atoms with van der Waals surface area (Å²) >= 11 is 0. The van der Waals surface area contributed by atoms with Gasteiger partial charge in [0.15, 0.2) is 0 Å². The molecule has 0 amide bonds. The van der Waals surface area contributed by atoms with Gasteiger partial charge in [0, 0.05) is 51.5 Å². The predicted octanol–water partition coefficient (Wildman–Crippen LogP) is 1.20. The summed E-state index contributed by atoms with van der Waals surface area (Å²) in [7, 11) is -2.05. The summed E-state index contributed by atoms with van der Waals surface area (Å²) in [5, 5.41) is 0. The maximum atomic E-state index is 13.4. The number of rotatable bonds is 7. The molecule has 0 N–H and O–H groups in total. The van der Waals surface area contributed by atoms with Crippen LogP contribution in [0.5, 0.6) is 5.75 Å². The Balaban J connectivity index is 1.80. The number of hydrogen-bond donors (Lipinski definition) is 0. The highest BCUT2D eigenvalue weighted by Gasteiger charge is 2.33. The van der Waals surface area contributed by atoms with Crippen LogP contribution < -0.4 is 4.74 Å². The van der Waals surface area contributed by atoms with Gasteiger partial charge < -0.3 is 14.2 Å². The second-order valence-corrected chi connectivity index (χ2v) is 8.48. The molecular formula is C18H28N2O5S. The highest BCUT2D eigenvalue weighted by Crippen LogP contribution is 2.26. The van der Waals surface area contributed by atoms with Crippen LogP contribution in [-0.4, -0.2) is 83.4 Å². The standard InChI is InChI=1S/C18H28N2O5S/c1-23-17-3-2-4-18(15-17)26(21,22)20(16-5-11-24-12-6-16)8-7-19-9-13-25-14-10-19/h2-4,15-16H,5-14H2,1H3. The number of morpholine rings is 1. The van der Waals surface area contributed by atoms with Crippen LogP contribution in [0.2, 0.25) is 0 Å². The first kappa shape index (κ1) is 19.6. The Morgan fingerprint density at radius 1 is 1.15 bits per heavy atom. The molecule has 7 nitrogen and oxygen atoms in total. The molecule has 0 radical (unpaired) electrons. The van der Waals surface area contributed by atoms with Gasteiger partial charge in [0.05, 0.1) is 25.2 Å². The van der Waals surface area contributed by atoms with Crippen LogP contribution in [0.1, 0.15) is 12.8 Å². The topological polar surface area (TPSA) is 68.3 Å². The summed E-state index contributed by atoms with van der Waals surface area (Å²) in [4.78, 5) is 2.54. The largest absolute Gasteiger partial charge is 0.497 e. The Labute approximate surface area is 155 Å². The maximum Gasteiger partial charge on any atom is 0.243 e. The normalized spacial score (nSPS) is 20.4. The van der Waals surface area contributed by atoms with Crippen molar-refractivity contribution in [2.24, 2.45) is 0 Å². The molecule has 0 saturated carbocycles. The van der Waals surface area contributed by atoms with Crippen LogP contribution in [0.15, 0.2) is 29.2 Å². The second-order valence-electron chi connectivity index (χ2n) is 6.59. The first-order valence-corrected chi connectivity index (χ1v) is 10.6. The van der Waals surface area contributed by atoms with Crippen LogP contribution >= 0.6 is 0 Å². The van der Waals surface area contributed by atoms with Crippen LogP contribution in [-0.2, 0) is 19.5 Å². The van der Waals surface area contributed by atoms with Gasteiger partial charge in [0.2, 0.25) is 10.0 Å². The lowest BCUT2D eigenvalue weighted by Gasteiger charge is -2.35. The molecule has 8 heteroatoms. The summed E-state index contributed by atoms with van der Waals surface area (Å²) in [6, 6.07) is 6.68. The third kappa shape index (κ3) is 4.75. The van der Waals surface area contributed by atoms with Gasteiger partial charge in [0.1, 0.15) is 5.75 Å². The smallest absolute Gasteiger partial charge is 0.243 e. The van der Waals surface area contributed by atoms with Crippen LogP contribution in [0, 0.1) is 0 Å². The molecule has 2 aliphatic heterocycles. The van der Waals surface area contributed by atoms with Gasteiger partial charge in [-0.1, -0.05) is 6.07 Å². The van der Waals surface area contributed by atoms with E-state index in [4.69, 9.17) is 14.2 Å². The zero-order chi connectivity index (χ0) is 18.4. The van der Waals surface area contributed by atoms with Gasteiger partial charge in [-0.25, -0.2) is 8.42 Å². The average molecular weight is 384 g/mol. The highest BCUT2D eigenvalue weighted by molar-refractivity contribution is 7.89. The number of ether oxygens (including phenoxy) is 3. The van der Waals surface area contributed by atoms with E-state index >= 15 is 0 Å². The van der Waals surface area contributed by atoms with E-state index in [0.29, 0.717) is 45.3 Å². The Hall–Kier alpha value is -1.19. The Bertz CT molecular complexity index is 670. The summed E-state index contributed by atoms with van der Waals surface area (Å²) in [5.74, 6) is 0.547. The molecule has 0 aliphatic carbocycles.